The van der Waals surface area contributed by atoms with Crippen molar-refractivity contribution < 1.29 is 14.6 Å². The lowest BCUT2D eigenvalue weighted by molar-refractivity contribution is 0.198. The quantitative estimate of drug-likeness (QED) is 0.790. The SMILES string of the molecule is CCOc1ccccc1N(CCN1CCN(c2ccc(C)cc2)CC1)C(=O)O. The summed E-state index contributed by atoms with van der Waals surface area (Å²) in [5, 5.41) is 9.71. The molecule has 3 rings (SSSR count). The molecule has 0 bridgehead atoms. The Morgan fingerprint density at radius 2 is 1.75 bits per heavy atom. The number of rotatable bonds is 7. The molecule has 0 radical (unpaired) electrons. The van der Waals surface area contributed by atoms with E-state index in [1.807, 2.05) is 25.1 Å². The van der Waals surface area contributed by atoms with E-state index in [2.05, 4.69) is 41.0 Å². The van der Waals surface area contributed by atoms with Crippen LogP contribution in [0.15, 0.2) is 48.5 Å². The van der Waals surface area contributed by atoms with Crippen LogP contribution in [0.5, 0.6) is 5.75 Å². The van der Waals surface area contributed by atoms with Crippen molar-refractivity contribution in [1.29, 1.82) is 0 Å². The molecule has 2 aromatic carbocycles. The minimum Gasteiger partial charge on any atom is -0.492 e. The van der Waals surface area contributed by atoms with Gasteiger partial charge in [0, 0.05) is 45.0 Å². The molecule has 2 aromatic rings. The molecule has 0 aromatic heterocycles. The zero-order chi connectivity index (χ0) is 19.9. The number of hydrogen-bond donors (Lipinski definition) is 1. The smallest absolute Gasteiger partial charge is 0.411 e. The van der Waals surface area contributed by atoms with E-state index in [1.165, 1.54) is 16.2 Å². The van der Waals surface area contributed by atoms with Crippen LogP contribution in [-0.2, 0) is 0 Å². The first kappa shape index (κ1) is 20.0. The maximum absolute atomic E-state index is 11.8. The van der Waals surface area contributed by atoms with Gasteiger partial charge in [0.25, 0.3) is 0 Å². The van der Waals surface area contributed by atoms with E-state index in [4.69, 9.17) is 4.74 Å². The van der Waals surface area contributed by atoms with Gasteiger partial charge in [-0.25, -0.2) is 4.79 Å². The van der Waals surface area contributed by atoms with Crippen LogP contribution in [0.1, 0.15) is 12.5 Å². The number of carbonyl (C=O) groups is 1. The number of ether oxygens (including phenoxy) is 1. The molecule has 1 fully saturated rings. The van der Waals surface area contributed by atoms with E-state index in [0.717, 1.165) is 26.2 Å². The number of carboxylic acid groups (broad SMARTS) is 1. The van der Waals surface area contributed by atoms with Gasteiger partial charge in [-0.3, -0.25) is 9.80 Å². The average molecular weight is 383 g/mol. The fourth-order valence-electron chi connectivity index (χ4n) is 3.50. The van der Waals surface area contributed by atoms with Gasteiger partial charge < -0.3 is 14.7 Å². The predicted octanol–water partition coefficient (Wildman–Crippen LogP) is 3.70. The molecule has 1 saturated heterocycles. The molecule has 28 heavy (non-hydrogen) atoms. The number of benzene rings is 2. The fraction of sp³-hybridized carbons (Fsp3) is 0.409. The zero-order valence-corrected chi connectivity index (χ0v) is 16.7. The number of aryl methyl sites for hydroxylation is 1. The van der Waals surface area contributed by atoms with Crippen LogP contribution < -0.4 is 14.5 Å². The summed E-state index contributed by atoms with van der Waals surface area (Å²) >= 11 is 0. The van der Waals surface area contributed by atoms with Gasteiger partial charge in [0.05, 0.1) is 12.3 Å². The van der Waals surface area contributed by atoms with E-state index in [9.17, 15) is 9.90 Å². The van der Waals surface area contributed by atoms with E-state index in [-0.39, 0.29) is 0 Å². The molecular formula is C22H29N3O3. The Kier molecular flexibility index (Phi) is 6.76. The van der Waals surface area contributed by atoms with Crippen molar-refractivity contribution in [2.75, 3.05) is 55.7 Å². The molecule has 6 heteroatoms. The number of hydrogen-bond acceptors (Lipinski definition) is 4. The van der Waals surface area contributed by atoms with Gasteiger partial charge >= 0.3 is 6.09 Å². The largest absolute Gasteiger partial charge is 0.492 e. The Bertz CT molecular complexity index is 771. The number of nitrogens with zero attached hydrogens (tertiary/aromatic N) is 3. The number of piperazine rings is 1. The van der Waals surface area contributed by atoms with Gasteiger partial charge in [-0.15, -0.1) is 0 Å². The van der Waals surface area contributed by atoms with Crippen molar-refractivity contribution in [2.24, 2.45) is 0 Å². The molecule has 0 atom stereocenters. The highest BCUT2D eigenvalue weighted by molar-refractivity contribution is 5.88. The normalized spacial score (nSPS) is 14.7. The molecule has 0 saturated carbocycles. The van der Waals surface area contributed by atoms with Gasteiger partial charge in [-0.1, -0.05) is 29.8 Å². The zero-order valence-electron chi connectivity index (χ0n) is 16.7. The van der Waals surface area contributed by atoms with Crippen molar-refractivity contribution >= 4 is 17.5 Å². The molecule has 0 spiro atoms. The summed E-state index contributed by atoms with van der Waals surface area (Å²) < 4.78 is 5.61. The highest BCUT2D eigenvalue weighted by Crippen LogP contribution is 2.28. The topological polar surface area (TPSA) is 56.2 Å². The molecule has 1 heterocycles. The predicted molar refractivity (Wildman–Crippen MR) is 113 cm³/mol. The van der Waals surface area contributed by atoms with Crippen molar-refractivity contribution in [3.05, 3.63) is 54.1 Å². The third kappa shape index (κ3) is 4.95. The lowest BCUT2D eigenvalue weighted by Crippen LogP contribution is -2.49. The Balaban J connectivity index is 1.57. The van der Waals surface area contributed by atoms with E-state index in [0.29, 0.717) is 31.1 Å². The monoisotopic (exact) mass is 383 g/mol. The Morgan fingerprint density at radius 1 is 1.07 bits per heavy atom. The molecule has 1 N–H and O–H groups in total. The Labute approximate surface area is 166 Å². The lowest BCUT2D eigenvalue weighted by atomic mass is 10.2. The minimum atomic E-state index is -0.953. The van der Waals surface area contributed by atoms with Gasteiger partial charge in [0.15, 0.2) is 0 Å². The second-order valence-electron chi connectivity index (χ2n) is 7.00. The van der Waals surface area contributed by atoms with Gasteiger partial charge in [-0.05, 0) is 38.1 Å². The first-order valence-corrected chi connectivity index (χ1v) is 9.84. The van der Waals surface area contributed by atoms with Crippen LogP contribution in [-0.4, -0.2) is 62.0 Å². The van der Waals surface area contributed by atoms with Crippen LogP contribution in [0, 0.1) is 6.92 Å². The summed E-state index contributed by atoms with van der Waals surface area (Å²) in [6, 6.07) is 15.9. The minimum absolute atomic E-state index is 0.421. The van der Waals surface area contributed by atoms with Crippen molar-refractivity contribution in [3.8, 4) is 5.75 Å². The average Bonchev–Trinajstić information content (AvgIpc) is 2.70. The van der Waals surface area contributed by atoms with Crippen molar-refractivity contribution in [3.63, 3.8) is 0 Å². The maximum Gasteiger partial charge on any atom is 0.411 e. The summed E-state index contributed by atoms with van der Waals surface area (Å²) in [6.07, 6.45) is -0.953. The van der Waals surface area contributed by atoms with Crippen molar-refractivity contribution in [1.82, 2.24) is 4.90 Å². The molecule has 150 valence electrons. The summed E-state index contributed by atoms with van der Waals surface area (Å²) in [5.41, 5.74) is 3.13. The highest BCUT2D eigenvalue weighted by Gasteiger charge is 2.22. The summed E-state index contributed by atoms with van der Waals surface area (Å²) in [4.78, 5) is 17.9. The number of anilines is 2. The molecule has 0 unspecified atom stereocenters. The Morgan fingerprint density at radius 3 is 2.39 bits per heavy atom. The van der Waals surface area contributed by atoms with Crippen LogP contribution in [0.4, 0.5) is 16.2 Å². The van der Waals surface area contributed by atoms with Crippen molar-refractivity contribution in [2.45, 2.75) is 13.8 Å². The van der Waals surface area contributed by atoms with Gasteiger partial charge in [0.2, 0.25) is 0 Å². The number of para-hydroxylation sites is 2. The van der Waals surface area contributed by atoms with Gasteiger partial charge in [0.1, 0.15) is 5.75 Å². The molecule has 1 aliphatic rings. The number of amides is 1. The first-order valence-electron chi connectivity index (χ1n) is 9.84. The second-order valence-corrected chi connectivity index (χ2v) is 7.00. The molecular weight excluding hydrogens is 354 g/mol. The highest BCUT2D eigenvalue weighted by atomic mass is 16.5. The van der Waals surface area contributed by atoms with Gasteiger partial charge in [-0.2, -0.15) is 0 Å². The van der Waals surface area contributed by atoms with Crippen LogP contribution in [0.2, 0.25) is 0 Å². The fourth-order valence-corrected chi connectivity index (χ4v) is 3.50. The maximum atomic E-state index is 11.8. The molecule has 0 aliphatic carbocycles. The lowest BCUT2D eigenvalue weighted by Gasteiger charge is -2.37. The van der Waals surface area contributed by atoms with E-state index in [1.54, 1.807) is 6.07 Å². The molecule has 1 amide bonds. The van der Waals surface area contributed by atoms with Crippen LogP contribution in [0.25, 0.3) is 0 Å². The standard InChI is InChI=1S/C22H29N3O3/c1-3-28-21-7-5-4-6-20(21)25(22(26)27)17-14-23-12-15-24(16-13-23)19-10-8-18(2)9-11-19/h4-11H,3,12-17H2,1-2H3,(H,26,27). The summed E-state index contributed by atoms with van der Waals surface area (Å²) in [5.74, 6) is 0.608. The summed E-state index contributed by atoms with van der Waals surface area (Å²) in [7, 11) is 0. The summed E-state index contributed by atoms with van der Waals surface area (Å²) in [6.45, 7) is 9.37. The third-order valence-electron chi connectivity index (χ3n) is 5.10. The first-order chi connectivity index (χ1) is 13.6. The van der Waals surface area contributed by atoms with Crippen LogP contribution >= 0.6 is 0 Å². The molecule has 6 nitrogen and oxygen atoms in total. The van der Waals surface area contributed by atoms with E-state index >= 15 is 0 Å². The Hall–Kier alpha value is -2.73. The van der Waals surface area contributed by atoms with E-state index < -0.39 is 6.09 Å². The van der Waals surface area contributed by atoms with Crippen LogP contribution in [0.3, 0.4) is 0 Å². The second kappa shape index (κ2) is 9.46. The molecule has 1 aliphatic heterocycles. The third-order valence-corrected chi connectivity index (χ3v) is 5.10.